The number of fused-ring (bicyclic) bond motifs is 1. The van der Waals surface area contributed by atoms with Crippen LogP contribution in [0.15, 0.2) is 24.3 Å². The van der Waals surface area contributed by atoms with E-state index in [0.29, 0.717) is 25.7 Å². The van der Waals surface area contributed by atoms with Gasteiger partial charge in [0.25, 0.3) is 0 Å². The lowest BCUT2D eigenvalue weighted by atomic mass is 9.66. The Kier molecular flexibility index (Phi) is 2.65. The summed E-state index contributed by atoms with van der Waals surface area (Å²) < 4.78 is 0. The van der Waals surface area contributed by atoms with Crippen molar-refractivity contribution in [3.63, 3.8) is 0 Å². The minimum atomic E-state index is -0.841. The summed E-state index contributed by atoms with van der Waals surface area (Å²) in [7, 11) is 0. The number of hydrogen-bond acceptors (Lipinski definition) is 3. The zero-order chi connectivity index (χ0) is 12.6. The van der Waals surface area contributed by atoms with E-state index in [4.69, 9.17) is 0 Å². The quantitative estimate of drug-likeness (QED) is 0.783. The molecule has 0 aromatic heterocycles. The Morgan fingerprint density at radius 2 is 1.67 bits per heavy atom. The number of rotatable bonds is 1. The van der Waals surface area contributed by atoms with Gasteiger partial charge in [0, 0.05) is 0 Å². The second kappa shape index (κ2) is 4.08. The van der Waals surface area contributed by atoms with E-state index in [1.165, 1.54) is 11.1 Å². The van der Waals surface area contributed by atoms with Gasteiger partial charge in [-0.2, -0.15) is 5.26 Å². The van der Waals surface area contributed by atoms with E-state index >= 15 is 0 Å². The Morgan fingerprint density at radius 1 is 1.11 bits per heavy atom. The number of benzene rings is 1. The lowest BCUT2D eigenvalue weighted by molar-refractivity contribution is -0.0736. The van der Waals surface area contributed by atoms with Crippen LogP contribution in [-0.4, -0.2) is 23.8 Å². The predicted octanol–water partition coefficient (Wildman–Crippen LogP) is 1.41. The molecule has 2 aliphatic rings. The highest BCUT2D eigenvalue weighted by molar-refractivity contribution is 5.39. The fourth-order valence-corrected chi connectivity index (χ4v) is 3.45. The smallest absolute Gasteiger partial charge is 0.0941 e. The first-order valence-electron chi connectivity index (χ1n) is 6.60. The van der Waals surface area contributed by atoms with Crippen LogP contribution >= 0.6 is 0 Å². The van der Waals surface area contributed by atoms with Crippen molar-refractivity contribution in [2.24, 2.45) is 5.41 Å². The van der Waals surface area contributed by atoms with Gasteiger partial charge < -0.3 is 10.4 Å². The van der Waals surface area contributed by atoms with E-state index in [2.05, 4.69) is 23.5 Å². The molecule has 0 amide bonds. The van der Waals surface area contributed by atoms with Crippen LogP contribution in [0.2, 0.25) is 0 Å². The highest BCUT2D eigenvalue weighted by atomic mass is 16.3. The largest absolute Gasteiger partial charge is 0.388 e. The van der Waals surface area contributed by atoms with Gasteiger partial charge in [-0.3, -0.25) is 0 Å². The monoisotopic (exact) mass is 242 g/mol. The van der Waals surface area contributed by atoms with Gasteiger partial charge in [0.2, 0.25) is 0 Å². The number of piperidine rings is 1. The van der Waals surface area contributed by atoms with Gasteiger partial charge in [0.05, 0.1) is 17.1 Å². The summed E-state index contributed by atoms with van der Waals surface area (Å²) in [6, 6.07) is 10.6. The molecule has 2 N–H and O–H groups in total. The summed E-state index contributed by atoms with van der Waals surface area (Å²) in [5.74, 6) is 0. The van der Waals surface area contributed by atoms with E-state index in [0.717, 1.165) is 13.1 Å². The fraction of sp³-hybridized carbons (Fsp3) is 0.533. The number of nitrogens with zero attached hydrogens (tertiary/aromatic N) is 1. The second-order valence-electron chi connectivity index (χ2n) is 5.60. The molecule has 18 heavy (non-hydrogen) atoms. The molecule has 0 radical (unpaired) electrons. The predicted molar refractivity (Wildman–Crippen MR) is 68.9 cm³/mol. The highest BCUT2D eigenvalue weighted by Crippen LogP contribution is 2.47. The molecule has 1 heterocycles. The van der Waals surface area contributed by atoms with Crippen LogP contribution in [0.1, 0.15) is 24.0 Å². The number of aliphatic hydroxyl groups is 1. The van der Waals surface area contributed by atoms with Crippen molar-refractivity contribution >= 4 is 0 Å². The average molecular weight is 242 g/mol. The third kappa shape index (κ3) is 1.57. The Labute approximate surface area is 107 Å². The fourth-order valence-electron chi connectivity index (χ4n) is 3.45. The van der Waals surface area contributed by atoms with Crippen molar-refractivity contribution in [2.45, 2.75) is 31.3 Å². The van der Waals surface area contributed by atoms with Crippen molar-refractivity contribution in [3.8, 4) is 6.07 Å². The summed E-state index contributed by atoms with van der Waals surface area (Å²) in [5, 5.41) is 23.9. The van der Waals surface area contributed by atoms with Crippen LogP contribution in [0, 0.1) is 16.7 Å². The molecule has 1 aliphatic carbocycles. The summed E-state index contributed by atoms with van der Waals surface area (Å²) in [4.78, 5) is 0. The molecule has 0 bridgehead atoms. The molecular weight excluding hydrogens is 224 g/mol. The maximum Gasteiger partial charge on any atom is 0.0941 e. The van der Waals surface area contributed by atoms with Gasteiger partial charge >= 0.3 is 0 Å². The Balaban J connectivity index is 1.97. The zero-order valence-corrected chi connectivity index (χ0v) is 10.4. The second-order valence-corrected chi connectivity index (χ2v) is 5.60. The first-order valence-corrected chi connectivity index (χ1v) is 6.60. The van der Waals surface area contributed by atoms with Crippen molar-refractivity contribution in [3.05, 3.63) is 35.4 Å². The van der Waals surface area contributed by atoms with Gasteiger partial charge in [-0.15, -0.1) is 0 Å². The SMILES string of the molecule is N#CC1(C2(O)CCNCC2)Cc2ccccc2C1. The molecule has 1 aliphatic heterocycles. The molecule has 94 valence electrons. The molecule has 1 saturated heterocycles. The van der Waals surface area contributed by atoms with Gasteiger partial charge in [-0.05, 0) is 49.9 Å². The van der Waals surface area contributed by atoms with Crippen molar-refractivity contribution in [2.75, 3.05) is 13.1 Å². The standard InChI is InChI=1S/C15H18N2O/c16-11-14(15(18)5-7-17-8-6-15)9-12-3-1-2-4-13(12)10-14/h1-4,17-18H,5-10H2. The Bertz CT molecular complexity index is 472. The summed E-state index contributed by atoms with van der Waals surface area (Å²) >= 11 is 0. The minimum absolute atomic E-state index is 0.626. The molecule has 0 spiro atoms. The van der Waals surface area contributed by atoms with Gasteiger partial charge in [-0.1, -0.05) is 24.3 Å². The van der Waals surface area contributed by atoms with E-state index in [-0.39, 0.29) is 0 Å². The molecule has 1 aromatic rings. The van der Waals surface area contributed by atoms with Crippen molar-refractivity contribution in [1.29, 1.82) is 5.26 Å². The Hall–Kier alpha value is -1.37. The lowest BCUT2D eigenvalue weighted by Crippen LogP contribution is -2.54. The van der Waals surface area contributed by atoms with Crippen LogP contribution in [0.3, 0.4) is 0 Å². The topological polar surface area (TPSA) is 56.0 Å². The maximum atomic E-state index is 10.9. The Morgan fingerprint density at radius 3 is 2.17 bits per heavy atom. The average Bonchev–Trinajstić information content (AvgIpc) is 2.80. The molecule has 1 fully saturated rings. The molecule has 1 aromatic carbocycles. The van der Waals surface area contributed by atoms with E-state index < -0.39 is 11.0 Å². The molecule has 0 atom stereocenters. The molecule has 3 rings (SSSR count). The molecule has 0 unspecified atom stereocenters. The summed E-state index contributed by atoms with van der Waals surface area (Å²) in [5.41, 5.74) is 0.988. The third-order valence-corrected chi connectivity index (χ3v) is 4.64. The van der Waals surface area contributed by atoms with Gasteiger partial charge in [0.1, 0.15) is 0 Å². The molecule has 3 nitrogen and oxygen atoms in total. The zero-order valence-electron chi connectivity index (χ0n) is 10.4. The van der Waals surface area contributed by atoms with E-state index in [1.54, 1.807) is 0 Å². The van der Waals surface area contributed by atoms with E-state index in [1.807, 2.05) is 12.1 Å². The number of nitrogens with one attached hydrogen (secondary N) is 1. The van der Waals surface area contributed by atoms with Crippen molar-refractivity contribution < 1.29 is 5.11 Å². The minimum Gasteiger partial charge on any atom is -0.388 e. The summed E-state index contributed by atoms with van der Waals surface area (Å²) in [6.07, 6.45) is 2.73. The van der Waals surface area contributed by atoms with E-state index in [9.17, 15) is 10.4 Å². The van der Waals surface area contributed by atoms with Gasteiger partial charge in [0.15, 0.2) is 0 Å². The number of hydrogen-bond donors (Lipinski definition) is 2. The molecular formula is C15H18N2O. The normalized spacial score (nSPS) is 24.2. The third-order valence-electron chi connectivity index (χ3n) is 4.64. The van der Waals surface area contributed by atoms with Crippen LogP contribution in [0.4, 0.5) is 0 Å². The summed E-state index contributed by atoms with van der Waals surface area (Å²) in [6.45, 7) is 1.60. The van der Waals surface area contributed by atoms with Crippen molar-refractivity contribution in [1.82, 2.24) is 5.32 Å². The van der Waals surface area contributed by atoms with Crippen LogP contribution in [-0.2, 0) is 12.8 Å². The maximum absolute atomic E-state index is 10.9. The molecule has 0 saturated carbocycles. The first kappa shape index (κ1) is 11.7. The number of nitriles is 1. The van der Waals surface area contributed by atoms with Gasteiger partial charge in [-0.25, -0.2) is 0 Å². The first-order chi connectivity index (χ1) is 8.69. The van der Waals surface area contributed by atoms with Crippen LogP contribution in [0.25, 0.3) is 0 Å². The van der Waals surface area contributed by atoms with Crippen LogP contribution < -0.4 is 5.32 Å². The lowest BCUT2D eigenvalue weighted by Gasteiger charge is -2.43. The van der Waals surface area contributed by atoms with Crippen LogP contribution in [0.5, 0.6) is 0 Å². The highest BCUT2D eigenvalue weighted by Gasteiger charge is 2.53. The molecule has 3 heteroatoms.